The smallest absolute Gasteiger partial charge is 0.235 e. The number of aromatic nitrogens is 3. The Bertz CT molecular complexity index is 923. The third kappa shape index (κ3) is 4.86. The van der Waals surface area contributed by atoms with E-state index < -0.39 is 0 Å². The molecule has 3 aromatic rings. The molecule has 1 aliphatic heterocycles. The Labute approximate surface area is 175 Å². The minimum absolute atomic E-state index is 0.164. The number of nitrogens with zero attached hydrogens (tertiary/aromatic N) is 5. The maximum Gasteiger partial charge on any atom is 0.235 e. The van der Waals surface area contributed by atoms with Crippen LogP contribution in [0.3, 0.4) is 0 Å². The summed E-state index contributed by atoms with van der Waals surface area (Å²) < 4.78 is 1.92. The lowest BCUT2D eigenvalue weighted by Gasteiger charge is -2.35. The summed E-state index contributed by atoms with van der Waals surface area (Å²) in [7, 11) is 0. The van der Waals surface area contributed by atoms with Crippen molar-refractivity contribution >= 4 is 17.7 Å². The Kier molecular flexibility index (Phi) is 6.27. The summed E-state index contributed by atoms with van der Waals surface area (Å²) in [6.45, 7) is 6.22. The summed E-state index contributed by atoms with van der Waals surface area (Å²) in [6, 6.07) is 20.4. The van der Waals surface area contributed by atoms with Gasteiger partial charge in [-0.05, 0) is 24.6 Å². The summed E-state index contributed by atoms with van der Waals surface area (Å²) >= 11 is 1.46. The first-order valence-electron chi connectivity index (χ1n) is 9.88. The van der Waals surface area contributed by atoms with E-state index in [1.165, 1.54) is 17.3 Å². The van der Waals surface area contributed by atoms with Crippen molar-refractivity contribution in [1.82, 2.24) is 24.6 Å². The Morgan fingerprint density at radius 3 is 2.34 bits per heavy atom. The van der Waals surface area contributed by atoms with Gasteiger partial charge in [0.25, 0.3) is 0 Å². The molecule has 7 heteroatoms. The van der Waals surface area contributed by atoms with Crippen LogP contribution in [0.2, 0.25) is 0 Å². The van der Waals surface area contributed by atoms with E-state index in [-0.39, 0.29) is 11.2 Å². The van der Waals surface area contributed by atoms with Gasteiger partial charge in [0.2, 0.25) is 5.91 Å². The van der Waals surface area contributed by atoms with Gasteiger partial charge < -0.3 is 4.90 Å². The number of hydrogen-bond acceptors (Lipinski definition) is 5. The van der Waals surface area contributed by atoms with Crippen LogP contribution >= 0.6 is 11.8 Å². The van der Waals surface area contributed by atoms with Crippen molar-refractivity contribution in [2.24, 2.45) is 0 Å². The summed E-state index contributed by atoms with van der Waals surface area (Å²) in [5, 5.41) is 8.78. The van der Waals surface area contributed by atoms with Crippen molar-refractivity contribution < 1.29 is 4.79 Å². The van der Waals surface area contributed by atoms with Crippen molar-refractivity contribution in [2.75, 3.05) is 26.2 Å². The van der Waals surface area contributed by atoms with Gasteiger partial charge in [-0.25, -0.2) is 0 Å². The molecule has 1 aliphatic rings. The molecular weight excluding hydrogens is 382 g/mol. The lowest BCUT2D eigenvalue weighted by Crippen LogP contribution is -2.50. The van der Waals surface area contributed by atoms with Crippen LogP contribution in [-0.2, 0) is 11.3 Å². The molecule has 6 nitrogen and oxygen atoms in total. The largest absolute Gasteiger partial charge is 0.339 e. The van der Waals surface area contributed by atoms with Gasteiger partial charge in [-0.1, -0.05) is 60.3 Å². The van der Waals surface area contributed by atoms with Gasteiger partial charge in [0.1, 0.15) is 6.33 Å². The number of benzene rings is 2. The van der Waals surface area contributed by atoms with Crippen LogP contribution in [-0.4, -0.2) is 61.9 Å². The van der Waals surface area contributed by atoms with Crippen molar-refractivity contribution in [3.63, 3.8) is 0 Å². The zero-order valence-electron chi connectivity index (χ0n) is 16.5. The van der Waals surface area contributed by atoms with Gasteiger partial charge in [-0.15, -0.1) is 10.2 Å². The molecular formula is C22H25N5OS. The molecule has 0 spiro atoms. The van der Waals surface area contributed by atoms with Gasteiger partial charge in [0.05, 0.1) is 5.25 Å². The topological polar surface area (TPSA) is 54.3 Å². The maximum absolute atomic E-state index is 13.0. The first-order valence-corrected chi connectivity index (χ1v) is 10.8. The summed E-state index contributed by atoms with van der Waals surface area (Å²) in [5.41, 5.74) is 2.31. The van der Waals surface area contributed by atoms with Gasteiger partial charge in [0, 0.05) is 38.4 Å². The number of para-hydroxylation sites is 1. The molecule has 2 aromatic carbocycles. The predicted molar refractivity (Wildman–Crippen MR) is 115 cm³/mol. The quantitative estimate of drug-likeness (QED) is 0.588. The van der Waals surface area contributed by atoms with Crippen molar-refractivity contribution in [3.8, 4) is 5.69 Å². The average Bonchev–Trinajstić information content (AvgIpc) is 3.23. The number of piperazine rings is 1. The zero-order chi connectivity index (χ0) is 20.1. The Morgan fingerprint density at radius 1 is 1.00 bits per heavy atom. The molecule has 1 amide bonds. The second kappa shape index (κ2) is 9.24. The molecule has 1 aromatic heterocycles. The van der Waals surface area contributed by atoms with Crippen LogP contribution in [0.5, 0.6) is 0 Å². The average molecular weight is 408 g/mol. The fraction of sp³-hybridized carbons (Fsp3) is 0.318. The normalized spacial score (nSPS) is 16.0. The number of hydrogen-bond donors (Lipinski definition) is 0. The molecule has 29 heavy (non-hydrogen) atoms. The van der Waals surface area contributed by atoms with E-state index in [9.17, 15) is 4.79 Å². The molecule has 2 heterocycles. The zero-order valence-corrected chi connectivity index (χ0v) is 17.3. The number of carbonyl (C=O) groups is 1. The molecule has 0 unspecified atom stereocenters. The van der Waals surface area contributed by atoms with Crippen molar-refractivity contribution in [3.05, 3.63) is 72.6 Å². The number of amides is 1. The second-order valence-corrected chi connectivity index (χ2v) is 8.47. The molecule has 1 fully saturated rings. The Morgan fingerprint density at radius 2 is 1.66 bits per heavy atom. The number of rotatable bonds is 6. The van der Waals surface area contributed by atoms with Gasteiger partial charge in [0.15, 0.2) is 5.16 Å². The molecule has 4 rings (SSSR count). The molecule has 1 saturated heterocycles. The minimum atomic E-state index is -0.206. The van der Waals surface area contributed by atoms with Crippen LogP contribution in [0.1, 0.15) is 12.5 Å². The maximum atomic E-state index is 13.0. The summed E-state index contributed by atoms with van der Waals surface area (Å²) in [4.78, 5) is 17.3. The summed E-state index contributed by atoms with van der Waals surface area (Å²) in [6.07, 6.45) is 1.69. The molecule has 0 radical (unpaired) electrons. The molecule has 0 aliphatic carbocycles. The van der Waals surface area contributed by atoms with E-state index in [4.69, 9.17) is 0 Å². The number of carbonyl (C=O) groups excluding carboxylic acids is 1. The highest BCUT2D eigenvalue weighted by atomic mass is 32.2. The van der Waals surface area contributed by atoms with E-state index in [0.29, 0.717) is 0 Å². The Hall–Kier alpha value is -2.64. The molecule has 0 saturated carbocycles. The lowest BCUT2D eigenvalue weighted by atomic mass is 10.2. The standard InChI is InChI=1S/C22H25N5OS/c1-18(29-22-24-23-17-27(22)20-10-6-3-7-11-20)21(28)26-14-12-25(13-15-26)16-19-8-4-2-5-9-19/h2-11,17-18H,12-16H2,1H3/t18-/m1/s1. The van der Waals surface area contributed by atoms with Crippen LogP contribution in [0.4, 0.5) is 0 Å². The SMILES string of the molecule is C[C@@H](Sc1nncn1-c1ccccc1)C(=O)N1CCN(Cc2ccccc2)CC1. The Balaban J connectivity index is 1.32. The molecule has 0 bridgehead atoms. The van der Waals surface area contributed by atoms with Gasteiger partial charge >= 0.3 is 0 Å². The predicted octanol–water partition coefficient (Wildman–Crippen LogP) is 3.09. The summed E-state index contributed by atoms with van der Waals surface area (Å²) in [5.74, 6) is 0.164. The third-order valence-corrected chi connectivity index (χ3v) is 6.16. The molecule has 1 atom stereocenters. The van der Waals surface area contributed by atoms with E-state index in [0.717, 1.165) is 43.6 Å². The second-order valence-electron chi connectivity index (χ2n) is 7.17. The van der Waals surface area contributed by atoms with Crippen molar-refractivity contribution in [2.45, 2.75) is 23.9 Å². The fourth-order valence-corrected chi connectivity index (χ4v) is 4.43. The van der Waals surface area contributed by atoms with E-state index in [2.05, 4.69) is 39.4 Å². The van der Waals surface area contributed by atoms with E-state index in [1.54, 1.807) is 6.33 Å². The highest BCUT2D eigenvalue weighted by Gasteiger charge is 2.26. The van der Waals surface area contributed by atoms with E-state index in [1.807, 2.05) is 52.8 Å². The highest BCUT2D eigenvalue weighted by Crippen LogP contribution is 2.25. The van der Waals surface area contributed by atoms with Crippen LogP contribution in [0, 0.1) is 0 Å². The van der Waals surface area contributed by atoms with E-state index >= 15 is 0 Å². The third-order valence-electron chi connectivity index (χ3n) is 5.11. The number of thioether (sulfide) groups is 1. The molecule has 150 valence electrons. The fourth-order valence-electron chi connectivity index (χ4n) is 3.50. The molecule has 0 N–H and O–H groups in total. The van der Waals surface area contributed by atoms with Crippen LogP contribution < -0.4 is 0 Å². The van der Waals surface area contributed by atoms with Crippen LogP contribution in [0.25, 0.3) is 5.69 Å². The van der Waals surface area contributed by atoms with Crippen LogP contribution in [0.15, 0.2) is 72.1 Å². The first kappa shape index (κ1) is 19.7. The minimum Gasteiger partial charge on any atom is -0.339 e. The lowest BCUT2D eigenvalue weighted by molar-refractivity contribution is -0.132. The van der Waals surface area contributed by atoms with Gasteiger partial charge in [-0.2, -0.15) is 0 Å². The highest BCUT2D eigenvalue weighted by molar-refractivity contribution is 8.00. The van der Waals surface area contributed by atoms with Crippen molar-refractivity contribution in [1.29, 1.82) is 0 Å². The first-order chi connectivity index (χ1) is 14.2. The van der Waals surface area contributed by atoms with Gasteiger partial charge in [-0.3, -0.25) is 14.3 Å². The monoisotopic (exact) mass is 407 g/mol.